The van der Waals surface area contributed by atoms with Crippen LogP contribution in [0.25, 0.3) is 10.8 Å². The fourth-order valence-electron chi connectivity index (χ4n) is 7.03. The van der Waals surface area contributed by atoms with Crippen molar-refractivity contribution in [2.75, 3.05) is 44.0 Å². The molecule has 0 unspecified atom stereocenters. The zero-order valence-corrected chi connectivity index (χ0v) is 25.9. The fourth-order valence-corrected chi connectivity index (χ4v) is 7.03. The molecule has 0 bridgehead atoms. The molecule has 1 fully saturated rings. The predicted octanol–water partition coefficient (Wildman–Crippen LogP) is 5.41. The molecule has 9 heteroatoms. The van der Waals surface area contributed by atoms with E-state index in [4.69, 9.17) is 14.7 Å². The average molecular weight is 581 g/mol. The second-order valence-corrected chi connectivity index (χ2v) is 13.0. The van der Waals surface area contributed by atoms with Gasteiger partial charge in [0.2, 0.25) is 0 Å². The molecule has 2 aromatic heterocycles. The van der Waals surface area contributed by atoms with Crippen LogP contribution in [-0.4, -0.2) is 63.4 Å². The Kier molecular flexibility index (Phi) is 7.67. The van der Waals surface area contributed by atoms with Gasteiger partial charge in [-0.3, -0.25) is 0 Å². The molecule has 0 radical (unpaired) electrons. The molecule has 7 rings (SSSR count). The van der Waals surface area contributed by atoms with Gasteiger partial charge >= 0.3 is 6.01 Å². The number of fused-ring (bicyclic) bond motifs is 3. The van der Waals surface area contributed by atoms with Crippen LogP contribution < -0.4 is 15.0 Å². The topological polar surface area (TPSA) is 84.2 Å². The third-order valence-electron chi connectivity index (χ3n) is 9.45. The molecule has 1 aliphatic carbocycles. The largest absolute Gasteiger partial charge is 0.463 e. The highest BCUT2D eigenvalue weighted by Gasteiger charge is 2.44. The number of rotatable bonds is 10. The summed E-state index contributed by atoms with van der Waals surface area (Å²) < 4.78 is 8.69. The molecular weight excluding hydrogens is 536 g/mol. The van der Waals surface area contributed by atoms with Gasteiger partial charge in [0.05, 0.1) is 25.4 Å². The van der Waals surface area contributed by atoms with Crippen LogP contribution in [0.1, 0.15) is 67.5 Å². The van der Waals surface area contributed by atoms with E-state index in [1.165, 1.54) is 59.7 Å². The van der Waals surface area contributed by atoms with Gasteiger partial charge in [0, 0.05) is 48.1 Å². The van der Waals surface area contributed by atoms with E-state index in [1.807, 2.05) is 0 Å². The van der Waals surface area contributed by atoms with E-state index in [1.54, 1.807) is 0 Å². The van der Waals surface area contributed by atoms with E-state index >= 15 is 0 Å². The van der Waals surface area contributed by atoms with Crippen LogP contribution in [0.5, 0.6) is 6.01 Å². The molecule has 0 amide bonds. The van der Waals surface area contributed by atoms with Gasteiger partial charge in [0.15, 0.2) is 5.82 Å². The number of anilines is 2. The van der Waals surface area contributed by atoms with E-state index in [9.17, 15) is 0 Å². The first-order chi connectivity index (χ1) is 21.0. The van der Waals surface area contributed by atoms with Crippen molar-refractivity contribution in [3.05, 3.63) is 64.9 Å². The van der Waals surface area contributed by atoms with E-state index in [-0.39, 0.29) is 5.41 Å². The molecule has 0 atom stereocenters. The number of aryl methyl sites for hydroxylation is 2. The van der Waals surface area contributed by atoms with Gasteiger partial charge in [-0.25, -0.2) is 0 Å². The summed E-state index contributed by atoms with van der Waals surface area (Å²) in [6.45, 7) is 7.13. The lowest BCUT2D eigenvalue weighted by molar-refractivity contribution is 0.182. The lowest BCUT2D eigenvalue weighted by Gasteiger charge is -2.32. The molecule has 2 aliphatic heterocycles. The Morgan fingerprint density at radius 2 is 1.84 bits per heavy atom. The van der Waals surface area contributed by atoms with Crippen LogP contribution in [0.15, 0.2) is 36.4 Å². The van der Waals surface area contributed by atoms with E-state index in [0.29, 0.717) is 19.2 Å². The first-order valence-electron chi connectivity index (χ1n) is 16.1. The smallest absolute Gasteiger partial charge is 0.318 e. The third-order valence-corrected chi connectivity index (χ3v) is 9.45. The standard InChI is InChI=1S/C34H44N8O/c1-4-24-10-8-11-25-12-9-13-28(31(24)25)41-19-15-26-27(21-41)36-33(43-23-34(16-17-34)22-40(2)3)37-32(26)35-20-30-39-38-29-14-6-5-7-18-42(29)30/h8-13H,4-7,14-23H2,1-3H3,(H,35,36,37). The van der Waals surface area contributed by atoms with Crippen LogP contribution >= 0.6 is 0 Å². The number of hydrogen-bond acceptors (Lipinski definition) is 8. The second kappa shape index (κ2) is 11.8. The molecule has 4 aromatic rings. The lowest BCUT2D eigenvalue weighted by atomic mass is 9.98. The summed E-state index contributed by atoms with van der Waals surface area (Å²) >= 11 is 0. The van der Waals surface area contributed by atoms with Crippen molar-refractivity contribution in [2.45, 2.75) is 77.9 Å². The Hall–Kier alpha value is -3.72. The van der Waals surface area contributed by atoms with Gasteiger partial charge in [0.1, 0.15) is 11.6 Å². The average Bonchev–Trinajstić information content (AvgIpc) is 3.74. The zero-order valence-electron chi connectivity index (χ0n) is 25.9. The molecule has 2 aromatic carbocycles. The van der Waals surface area contributed by atoms with Crippen LogP contribution in [0, 0.1) is 5.41 Å². The fraction of sp³-hybridized carbons (Fsp3) is 0.529. The van der Waals surface area contributed by atoms with Crippen LogP contribution in [0.4, 0.5) is 11.5 Å². The minimum atomic E-state index is 0.209. The zero-order chi connectivity index (χ0) is 29.4. The molecule has 43 heavy (non-hydrogen) atoms. The number of ether oxygens (including phenoxy) is 1. The Bertz CT molecular complexity index is 1600. The third kappa shape index (κ3) is 5.79. The maximum Gasteiger partial charge on any atom is 0.318 e. The predicted molar refractivity (Wildman–Crippen MR) is 171 cm³/mol. The molecule has 3 aliphatic rings. The first kappa shape index (κ1) is 28.1. The minimum Gasteiger partial charge on any atom is -0.463 e. The van der Waals surface area contributed by atoms with E-state index in [2.05, 4.69) is 87.3 Å². The molecule has 0 saturated heterocycles. The Balaban J connectivity index is 1.19. The monoisotopic (exact) mass is 580 g/mol. The number of hydrogen-bond donors (Lipinski definition) is 1. The molecule has 4 heterocycles. The highest BCUT2D eigenvalue weighted by molar-refractivity contribution is 5.97. The number of benzene rings is 2. The van der Waals surface area contributed by atoms with Gasteiger partial charge in [0.25, 0.3) is 0 Å². The van der Waals surface area contributed by atoms with Crippen molar-refractivity contribution in [1.29, 1.82) is 0 Å². The van der Waals surface area contributed by atoms with Gasteiger partial charge < -0.3 is 24.4 Å². The first-order valence-corrected chi connectivity index (χ1v) is 16.1. The van der Waals surface area contributed by atoms with E-state index in [0.717, 1.165) is 68.6 Å². The van der Waals surface area contributed by atoms with Crippen molar-refractivity contribution >= 4 is 22.3 Å². The van der Waals surface area contributed by atoms with Crippen LogP contribution in [0.3, 0.4) is 0 Å². The summed E-state index contributed by atoms with van der Waals surface area (Å²) in [6.07, 6.45) is 8.87. The van der Waals surface area contributed by atoms with Crippen molar-refractivity contribution in [2.24, 2.45) is 5.41 Å². The molecule has 226 valence electrons. The van der Waals surface area contributed by atoms with Crippen molar-refractivity contribution in [1.82, 2.24) is 29.6 Å². The SMILES string of the molecule is CCc1cccc2cccc(N3CCc4c(nc(OCC5(CN(C)C)CC5)nc4NCc4nnc5n4CCCCC5)C3)c12. The van der Waals surface area contributed by atoms with Crippen LogP contribution in [0.2, 0.25) is 0 Å². The molecule has 1 saturated carbocycles. The molecule has 1 N–H and O–H groups in total. The number of nitrogens with zero attached hydrogens (tertiary/aromatic N) is 7. The molecule has 0 spiro atoms. The van der Waals surface area contributed by atoms with Gasteiger partial charge in [-0.2, -0.15) is 9.97 Å². The maximum atomic E-state index is 6.39. The highest BCUT2D eigenvalue weighted by atomic mass is 16.5. The van der Waals surface area contributed by atoms with Gasteiger partial charge in [-0.15, -0.1) is 10.2 Å². The minimum absolute atomic E-state index is 0.209. The quantitative estimate of drug-likeness (QED) is 0.267. The highest BCUT2D eigenvalue weighted by Crippen LogP contribution is 2.46. The van der Waals surface area contributed by atoms with Crippen molar-refractivity contribution in [3.63, 3.8) is 0 Å². The summed E-state index contributed by atoms with van der Waals surface area (Å²) in [4.78, 5) is 14.8. The van der Waals surface area contributed by atoms with E-state index < -0.39 is 0 Å². The Morgan fingerprint density at radius 3 is 2.65 bits per heavy atom. The summed E-state index contributed by atoms with van der Waals surface area (Å²) in [7, 11) is 4.27. The normalized spacial score (nSPS) is 17.4. The van der Waals surface area contributed by atoms with Crippen molar-refractivity contribution < 1.29 is 4.74 Å². The summed E-state index contributed by atoms with van der Waals surface area (Å²) in [5.41, 5.74) is 5.11. The number of aromatic nitrogens is 5. The maximum absolute atomic E-state index is 6.39. The number of nitrogens with one attached hydrogen (secondary N) is 1. The van der Waals surface area contributed by atoms with Gasteiger partial charge in [-0.1, -0.05) is 43.7 Å². The summed E-state index contributed by atoms with van der Waals surface area (Å²) in [5.74, 6) is 2.96. The van der Waals surface area contributed by atoms with Crippen LogP contribution in [-0.2, 0) is 38.9 Å². The Morgan fingerprint density at radius 1 is 0.977 bits per heavy atom. The second-order valence-electron chi connectivity index (χ2n) is 13.0. The Labute approximate surface area is 254 Å². The van der Waals surface area contributed by atoms with Crippen molar-refractivity contribution in [3.8, 4) is 6.01 Å². The lowest BCUT2D eigenvalue weighted by Crippen LogP contribution is -2.33. The molecular formula is C34H44N8O. The molecule has 9 nitrogen and oxygen atoms in total. The summed E-state index contributed by atoms with van der Waals surface area (Å²) in [5, 5.41) is 15.4. The summed E-state index contributed by atoms with van der Waals surface area (Å²) in [6, 6.07) is 13.8. The van der Waals surface area contributed by atoms with Gasteiger partial charge in [-0.05, 0) is 69.6 Å².